The average Bonchev–Trinajstić information content (AvgIpc) is 3.13. The maximum atomic E-state index is 12.3. The van der Waals surface area contributed by atoms with Crippen LogP contribution in [-0.2, 0) is 11.4 Å². The fourth-order valence-electron chi connectivity index (χ4n) is 2.81. The van der Waals surface area contributed by atoms with Crippen LogP contribution in [0.3, 0.4) is 0 Å². The van der Waals surface area contributed by atoms with Gasteiger partial charge in [-0.05, 0) is 100 Å². The number of carbonyl (C=O) groups excluding carboxylic acids is 1. The number of benzene rings is 3. The number of ether oxygens (including phenoxy) is 2. The maximum Gasteiger partial charge on any atom is 0.264 e. The molecule has 1 amide bonds. The molecule has 156 valence electrons. The van der Waals surface area contributed by atoms with Crippen LogP contribution < -0.4 is 14.8 Å². The number of carbonyl (C=O) groups is 1. The van der Waals surface area contributed by atoms with E-state index in [-0.39, 0.29) is 5.91 Å². The lowest BCUT2D eigenvalue weighted by molar-refractivity contribution is -0.115. The van der Waals surface area contributed by atoms with Gasteiger partial charge in [0, 0.05) is 3.57 Å². The molecule has 0 spiro atoms. The molecule has 1 aliphatic heterocycles. The highest BCUT2D eigenvalue weighted by molar-refractivity contribution is 14.1. The van der Waals surface area contributed by atoms with Crippen molar-refractivity contribution in [1.29, 1.82) is 0 Å². The van der Waals surface area contributed by atoms with E-state index in [1.165, 1.54) is 15.3 Å². The minimum atomic E-state index is -0.156. The first kappa shape index (κ1) is 21.5. The largest absolute Gasteiger partial charge is 0.497 e. The zero-order valence-electron chi connectivity index (χ0n) is 16.7. The van der Waals surface area contributed by atoms with E-state index in [4.69, 9.17) is 9.47 Å². The molecule has 0 aromatic heterocycles. The first-order valence-corrected chi connectivity index (χ1v) is 11.4. The molecule has 3 aromatic carbocycles. The van der Waals surface area contributed by atoms with Crippen LogP contribution in [0.4, 0.5) is 5.69 Å². The summed E-state index contributed by atoms with van der Waals surface area (Å²) in [5.41, 5.74) is 2.79. The normalized spacial score (nSPS) is 15.9. The van der Waals surface area contributed by atoms with Gasteiger partial charge in [0.2, 0.25) is 0 Å². The number of hydrogen-bond acceptors (Lipinski definition) is 5. The highest BCUT2D eigenvalue weighted by Gasteiger charge is 2.23. The Bertz CT molecular complexity index is 1120. The fraction of sp³-hybridized carbons (Fsp3) is 0.0833. The molecule has 31 heavy (non-hydrogen) atoms. The molecule has 0 radical (unpaired) electrons. The number of halogens is 1. The molecule has 5 nitrogen and oxygen atoms in total. The third kappa shape index (κ3) is 5.89. The number of nitrogens with zero attached hydrogens (tertiary/aromatic N) is 1. The van der Waals surface area contributed by atoms with E-state index in [9.17, 15) is 4.79 Å². The van der Waals surface area contributed by atoms with Crippen LogP contribution in [0.1, 0.15) is 11.1 Å². The van der Waals surface area contributed by atoms with Gasteiger partial charge in [-0.25, -0.2) is 4.99 Å². The second-order valence-electron chi connectivity index (χ2n) is 6.66. The Labute approximate surface area is 198 Å². The van der Waals surface area contributed by atoms with Crippen LogP contribution in [0, 0.1) is 3.57 Å². The van der Waals surface area contributed by atoms with Crippen molar-refractivity contribution in [2.24, 2.45) is 4.99 Å². The summed E-state index contributed by atoms with van der Waals surface area (Å²) in [6.45, 7) is 0.515. The van der Waals surface area contributed by atoms with Crippen molar-refractivity contribution in [3.8, 4) is 11.5 Å². The molecule has 1 fully saturated rings. The quantitative estimate of drug-likeness (QED) is 0.318. The minimum absolute atomic E-state index is 0.156. The summed E-state index contributed by atoms with van der Waals surface area (Å²) in [5, 5.41) is 3.36. The number of rotatable bonds is 6. The van der Waals surface area contributed by atoms with E-state index in [0.29, 0.717) is 16.7 Å². The molecule has 0 bridgehead atoms. The lowest BCUT2D eigenvalue weighted by Gasteiger charge is -2.07. The molecule has 1 heterocycles. The van der Waals surface area contributed by atoms with Gasteiger partial charge >= 0.3 is 0 Å². The van der Waals surface area contributed by atoms with E-state index < -0.39 is 0 Å². The zero-order chi connectivity index (χ0) is 21.6. The van der Waals surface area contributed by atoms with Crippen LogP contribution in [0.5, 0.6) is 11.5 Å². The van der Waals surface area contributed by atoms with Gasteiger partial charge in [0.15, 0.2) is 5.17 Å². The second-order valence-corrected chi connectivity index (χ2v) is 8.94. The second kappa shape index (κ2) is 10.0. The van der Waals surface area contributed by atoms with Gasteiger partial charge in [0.05, 0.1) is 17.7 Å². The number of nitrogens with one attached hydrogen (secondary N) is 1. The Kier molecular flexibility index (Phi) is 6.93. The van der Waals surface area contributed by atoms with Crippen LogP contribution >= 0.6 is 34.4 Å². The lowest BCUT2D eigenvalue weighted by atomic mass is 10.2. The predicted molar refractivity (Wildman–Crippen MR) is 134 cm³/mol. The average molecular weight is 542 g/mol. The van der Waals surface area contributed by atoms with E-state index in [0.717, 1.165) is 28.3 Å². The first-order valence-electron chi connectivity index (χ1n) is 9.50. The number of thioether (sulfide) groups is 1. The van der Waals surface area contributed by atoms with Crippen molar-refractivity contribution >= 4 is 57.2 Å². The number of aliphatic imine (C=N–C) groups is 1. The molecule has 0 aliphatic carbocycles. The molecule has 0 saturated carbocycles. The Hall–Kier alpha value is -2.78. The topological polar surface area (TPSA) is 59.9 Å². The third-order valence-corrected chi connectivity index (χ3v) is 6.08. The van der Waals surface area contributed by atoms with Gasteiger partial charge in [-0.15, -0.1) is 0 Å². The van der Waals surface area contributed by atoms with Gasteiger partial charge in [0.25, 0.3) is 5.91 Å². The fourth-order valence-corrected chi connectivity index (χ4v) is 4.01. The summed E-state index contributed by atoms with van der Waals surface area (Å²) < 4.78 is 12.2. The number of methoxy groups -OCH3 is 1. The van der Waals surface area contributed by atoms with Crippen molar-refractivity contribution in [3.05, 3.63) is 92.4 Å². The summed E-state index contributed by atoms with van der Waals surface area (Å²) in [5.74, 6) is 1.39. The smallest absolute Gasteiger partial charge is 0.264 e. The third-order valence-electron chi connectivity index (χ3n) is 4.45. The Morgan fingerprint density at radius 1 is 0.968 bits per heavy atom. The van der Waals surface area contributed by atoms with Gasteiger partial charge in [-0.1, -0.05) is 24.3 Å². The van der Waals surface area contributed by atoms with Gasteiger partial charge in [-0.2, -0.15) is 0 Å². The first-order chi connectivity index (χ1) is 15.1. The van der Waals surface area contributed by atoms with Crippen LogP contribution in [0.15, 0.2) is 82.7 Å². The molecule has 0 atom stereocenters. The lowest BCUT2D eigenvalue weighted by Crippen LogP contribution is -2.19. The van der Waals surface area contributed by atoms with Crippen molar-refractivity contribution < 1.29 is 14.3 Å². The monoisotopic (exact) mass is 542 g/mol. The summed E-state index contributed by atoms with van der Waals surface area (Å²) in [6, 6.07) is 23.3. The van der Waals surface area contributed by atoms with E-state index in [2.05, 4.69) is 57.2 Å². The van der Waals surface area contributed by atoms with Crippen molar-refractivity contribution in [3.63, 3.8) is 0 Å². The SMILES string of the molecule is COc1ccc(N=C2NC(=O)/C(=C/c3ccc(OCc4ccc(I)cc4)cc3)S2)cc1. The van der Waals surface area contributed by atoms with Gasteiger partial charge in [-0.3, -0.25) is 4.79 Å². The standard InChI is InChI=1S/C24H19IN2O3S/c1-29-20-12-8-19(9-13-20)26-24-27-23(28)22(31-24)14-16-4-10-21(11-5-16)30-15-17-2-6-18(25)7-3-17/h2-14H,15H2,1H3,(H,26,27,28)/b22-14-. The van der Waals surface area contributed by atoms with E-state index >= 15 is 0 Å². The minimum Gasteiger partial charge on any atom is -0.497 e. The van der Waals surface area contributed by atoms with Crippen LogP contribution in [0.2, 0.25) is 0 Å². The Morgan fingerprint density at radius 2 is 1.65 bits per heavy atom. The molecule has 1 saturated heterocycles. The zero-order valence-corrected chi connectivity index (χ0v) is 19.6. The van der Waals surface area contributed by atoms with Gasteiger partial charge < -0.3 is 14.8 Å². The summed E-state index contributed by atoms with van der Waals surface area (Å²) in [7, 11) is 1.62. The molecular weight excluding hydrogens is 523 g/mol. The van der Waals surface area contributed by atoms with Gasteiger partial charge in [0.1, 0.15) is 18.1 Å². The molecule has 1 N–H and O–H groups in total. The molecule has 3 aromatic rings. The van der Waals surface area contributed by atoms with Crippen molar-refractivity contribution in [2.45, 2.75) is 6.61 Å². The Balaban J connectivity index is 1.39. The highest BCUT2D eigenvalue weighted by Crippen LogP contribution is 2.29. The van der Waals surface area contributed by atoms with Crippen molar-refractivity contribution in [1.82, 2.24) is 5.32 Å². The summed E-state index contributed by atoms with van der Waals surface area (Å²) in [6.07, 6.45) is 1.85. The summed E-state index contributed by atoms with van der Waals surface area (Å²) in [4.78, 5) is 17.4. The number of amidine groups is 1. The molecule has 0 unspecified atom stereocenters. The molecular formula is C24H19IN2O3S. The van der Waals surface area contributed by atoms with Crippen molar-refractivity contribution in [2.75, 3.05) is 7.11 Å². The van der Waals surface area contributed by atoms with Crippen LogP contribution in [-0.4, -0.2) is 18.2 Å². The van der Waals surface area contributed by atoms with E-state index in [1.807, 2.05) is 54.6 Å². The maximum absolute atomic E-state index is 12.3. The highest BCUT2D eigenvalue weighted by atomic mass is 127. The number of hydrogen-bond donors (Lipinski definition) is 1. The predicted octanol–water partition coefficient (Wildman–Crippen LogP) is 5.77. The number of amides is 1. The summed E-state index contributed by atoms with van der Waals surface area (Å²) >= 11 is 3.60. The van der Waals surface area contributed by atoms with Crippen LogP contribution in [0.25, 0.3) is 6.08 Å². The molecule has 7 heteroatoms. The molecule has 1 aliphatic rings. The van der Waals surface area contributed by atoms with E-state index in [1.54, 1.807) is 7.11 Å². The Morgan fingerprint density at radius 3 is 2.32 bits per heavy atom. The molecule has 4 rings (SSSR count).